The molecular weight excluding hydrogens is 178 g/mol. The summed E-state index contributed by atoms with van der Waals surface area (Å²) in [5.74, 6) is 0.0653. The monoisotopic (exact) mass is 199 g/mol. The van der Waals surface area contributed by atoms with Crippen LogP contribution in [0.4, 0.5) is 0 Å². The average molecular weight is 199 g/mol. The summed E-state index contributed by atoms with van der Waals surface area (Å²) in [6, 6.07) is 0. The van der Waals surface area contributed by atoms with Crippen LogP contribution in [0.3, 0.4) is 0 Å². The molecule has 0 fully saturated rings. The van der Waals surface area contributed by atoms with E-state index in [1.54, 1.807) is 14.0 Å². The molecule has 0 aliphatic carbocycles. The van der Waals surface area contributed by atoms with Crippen LogP contribution in [-0.2, 0) is 9.59 Å². The number of Topliss-reactive ketones (excluding diaryl/α,β-unsaturated/α-hetero) is 1. The number of hydrogen-bond acceptors (Lipinski definition) is 2. The number of carbonyl (C=O) groups excluding carboxylic acids is 2. The second-order valence-corrected chi connectivity index (χ2v) is 4.19. The fourth-order valence-electron chi connectivity index (χ4n) is 1.55. The molecule has 0 saturated carbocycles. The van der Waals surface area contributed by atoms with E-state index in [-0.39, 0.29) is 23.0 Å². The molecule has 0 aliphatic rings. The zero-order chi connectivity index (χ0) is 11.4. The van der Waals surface area contributed by atoms with E-state index in [4.69, 9.17) is 0 Å². The SMILES string of the molecule is CCC(C)(CC(C)C(=O)NC)C(C)=O. The van der Waals surface area contributed by atoms with Crippen LogP contribution in [0, 0.1) is 11.3 Å². The molecule has 0 aromatic carbocycles. The molecule has 0 saturated heterocycles. The third-order valence-electron chi connectivity index (χ3n) is 3.08. The van der Waals surface area contributed by atoms with E-state index in [0.717, 1.165) is 6.42 Å². The fraction of sp³-hybridized carbons (Fsp3) is 0.818. The van der Waals surface area contributed by atoms with Crippen molar-refractivity contribution < 1.29 is 9.59 Å². The van der Waals surface area contributed by atoms with Gasteiger partial charge in [-0.1, -0.05) is 20.8 Å². The third kappa shape index (κ3) is 3.13. The first kappa shape index (κ1) is 13.1. The predicted octanol–water partition coefficient (Wildman–Crippen LogP) is 1.76. The molecule has 0 aromatic rings. The van der Waals surface area contributed by atoms with Crippen molar-refractivity contribution in [1.29, 1.82) is 0 Å². The molecule has 1 N–H and O–H groups in total. The van der Waals surface area contributed by atoms with Crippen LogP contribution in [0.1, 0.15) is 40.5 Å². The van der Waals surface area contributed by atoms with Gasteiger partial charge in [0.15, 0.2) is 0 Å². The maximum absolute atomic E-state index is 11.4. The molecule has 3 nitrogen and oxygen atoms in total. The van der Waals surface area contributed by atoms with Crippen molar-refractivity contribution in [2.45, 2.75) is 40.5 Å². The van der Waals surface area contributed by atoms with Crippen LogP contribution in [-0.4, -0.2) is 18.7 Å². The van der Waals surface area contributed by atoms with Gasteiger partial charge in [0.05, 0.1) is 0 Å². The Morgan fingerprint density at radius 1 is 1.43 bits per heavy atom. The van der Waals surface area contributed by atoms with E-state index >= 15 is 0 Å². The molecule has 1 amide bonds. The minimum atomic E-state index is -0.355. The van der Waals surface area contributed by atoms with Crippen LogP contribution in [0.5, 0.6) is 0 Å². The Morgan fingerprint density at radius 2 is 1.93 bits per heavy atom. The molecule has 0 radical (unpaired) electrons. The van der Waals surface area contributed by atoms with Gasteiger partial charge in [-0.25, -0.2) is 0 Å². The van der Waals surface area contributed by atoms with E-state index in [0.29, 0.717) is 6.42 Å². The number of hydrogen-bond donors (Lipinski definition) is 1. The van der Waals surface area contributed by atoms with Crippen LogP contribution in [0.25, 0.3) is 0 Å². The first-order valence-corrected chi connectivity index (χ1v) is 5.10. The molecule has 2 atom stereocenters. The Hall–Kier alpha value is -0.860. The van der Waals surface area contributed by atoms with E-state index in [2.05, 4.69) is 5.32 Å². The van der Waals surface area contributed by atoms with Gasteiger partial charge in [-0.15, -0.1) is 0 Å². The Kier molecular flexibility index (Phi) is 4.81. The van der Waals surface area contributed by atoms with Gasteiger partial charge >= 0.3 is 0 Å². The van der Waals surface area contributed by atoms with Crippen LogP contribution >= 0.6 is 0 Å². The van der Waals surface area contributed by atoms with Gasteiger partial charge in [-0.3, -0.25) is 9.59 Å². The lowest BCUT2D eigenvalue weighted by Crippen LogP contribution is -2.33. The Bertz CT molecular complexity index is 225. The number of carbonyl (C=O) groups is 2. The molecule has 14 heavy (non-hydrogen) atoms. The first-order valence-electron chi connectivity index (χ1n) is 5.10. The average Bonchev–Trinajstić information content (AvgIpc) is 2.15. The second kappa shape index (κ2) is 5.13. The number of rotatable bonds is 5. The standard InChI is InChI=1S/C11H21NO2/c1-6-11(4,9(3)13)7-8(2)10(14)12-5/h8H,6-7H2,1-5H3,(H,12,14). The van der Waals surface area contributed by atoms with Gasteiger partial charge in [-0.2, -0.15) is 0 Å². The van der Waals surface area contributed by atoms with Crippen molar-refractivity contribution in [1.82, 2.24) is 5.32 Å². The van der Waals surface area contributed by atoms with Gasteiger partial charge in [0, 0.05) is 18.4 Å². The van der Waals surface area contributed by atoms with Gasteiger partial charge in [0.1, 0.15) is 5.78 Å². The largest absolute Gasteiger partial charge is 0.359 e. The minimum Gasteiger partial charge on any atom is -0.359 e. The van der Waals surface area contributed by atoms with Crippen molar-refractivity contribution in [3.05, 3.63) is 0 Å². The summed E-state index contributed by atoms with van der Waals surface area (Å²) in [4.78, 5) is 22.7. The summed E-state index contributed by atoms with van der Waals surface area (Å²) < 4.78 is 0. The zero-order valence-electron chi connectivity index (χ0n) is 9.81. The molecular formula is C11H21NO2. The number of amides is 1. The highest BCUT2D eigenvalue weighted by molar-refractivity contribution is 5.83. The summed E-state index contributed by atoms with van der Waals surface area (Å²) in [5, 5.41) is 2.60. The van der Waals surface area contributed by atoms with Crippen molar-refractivity contribution in [2.24, 2.45) is 11.3 Å². The molecule has 2 unspecified atom stereocenters. The zero-order valence-corrected chi connectivity index (χ0v) is 9.81. The number of nitrogens with one attached hydrogen (secondary N) is 1. The molecule has 82 valence electrons. The van der Waals surface area contributed by atoms with Crippen LogP contribution < -0.4 is 5.32 Å². The highest BCUT2D eigenvalue weighted by atomic mass is 16.1. The molecule has 0 bridgehead atoms. The fourth-order valence-corrected chi connectivity index (χ4v) is 1.55. The minimum absolute atomic E-state index is 0.00549. The summed E-state index contributed by atoms with van der Waals surface area (Å²) in [7, 11) is 1.62. The molecule has 0 aliphatic heterocycles. The van der Waals surface area contributed by atoms with Crippen molar-refractivity contribution >= 4 is 11.7 Å². The Morgan fingerprint density at radius 3 is 2.21 bits per heavy atom. The summed E-state index contributed by atoms with van der Waals surface area (Å²) >= 11 is 0. The lowest BCUT2D eigenvalue weighted by molar-refractivity contribution is -0.129. The van der Waals surface area contributed by atoms with E-state index < -0.39 is 0 Å². The van der Waals surface area contributed by atoms with E-state index in [1.165, 1.54) is 0 Å². The van der Waals surface area contributed by atoms with Gasteiger partial charge in [-0.05, 0) is 19.8 Å². The first-order chi connectivity index (χ1) is 6.37. The molecule has 0 rings (SSSR count). The van der Waals surface area contributed by atoms with Crippen molar-refractivity contribution in [3.8, 4) is 0 Å². The van der Waals surface area contributed by atoms with Gasteiger partial charge in [0.2, 0.25) is 5.91 Å². The highest BCUT2D eigenvalue weighted by Crippen LogP contribution is 2.30. The molecule has 0 spiro atoms. The molecule has 0 heterocycles. The normalized spacial score (nSPS) is 16.9. The smallest absolute Gasteiger partial charge is 0.222 e. The van der Waals surface area contributed by atoms with E-state index in [9.17, 15) is 9.59 Å². The Labute approximate surface area is 86.3 Å². The van der Waals surface area contributed by atoms with E-state index in [1.807, 2.05) is 20.8 Å². The second-order valence-electron chi connectivity index (χ2n) is 4.19. The maximum Gasteiger partial charge on any atom is 0.222 e. The van der Waals surface area contributed by atoms with Crippen molar-refractivity contribution in [3.63, 3.8) is 0 Å². The lowest BCUT2D eigenvalue weighted by atomic mass is 9.76. The van der Waals surface area contributed by atoms with Crippen LogP contribution in [0.15, 0.2) is 0 Å². The van der Waals surface area contributed by atoms with Crippen molar-refractivity contribution in [2.75, 3.05) is 7.05 Å². The molecule has 3 heteroatoms. The lowest BCUT2D eigenvalue weighted by Gasteiger charge is -2.27. The predicted molar refractivity (Wildman–Crippen MR) is 56.9 cm³/mol. The number of ketones is 1. The summed E-state index contributed by atoms with van der Waals surface area (Å²) in [5.41, 5.74) is -0.355. The van der Waals surface area contributed by atoms with Gasteiger partial charge < -0.3 is 5.32 Å². The topological polar surface area (TPSA) is 46.2 Å². The maximum atomic E-state index is 11.4. The van der Waals surface area contributed by atoms with Crippen LogP contribution in [0.2, 0.25) is 0 Å². The summed E-state index contributed by atoms with van der Waals surface area (Å²) in [6.45, 7) is 7.36. The third-order valence-corrected chi connectivity index (χ3v) is 3.08. The Balaban J connectivity index is 4.46. The molecule has 0 aromatic heterocycles. The highest BCUT2D eigenvalue weighted by Gasteiger charge is 2.31. The quantitative estimate of drug-likeness (QED) is 0.733. The van der Waals surface area contributed by atoms with Gasteiger partial charge in [0.25, 0.3) is 0 Å². The summed E-state index contributed by atoms with van der Waals surface area (Å²) in [6.07, 6.45) is 1.40.